The van der Waals surface area contributed by atoms with Crippen molar-refractivity contribution in [3.63, 3.8) is 0 Å². The Bertz CT molecular complexity index is 4230. The first-order valence-corrected chi connectivity index (χ1v) is 24.8. The lowest BCUT2D eigenvalue weighted by Crippen LogP contribution is -2.65. The molecule has 14 rings (SSSR count). The van der Waals surface area contributed by atoms with Crippen LogP contribution in [-0.4, -0.2) is 165 Å². The quantitative estimate of drug-likeness (QED) is 0.0638. The van der Waals surface area contributed by atoms with Gasteiger partial charge in [0.25, 0.3) is 0 Å². The molecular weight excluding hydrogens is 1140 g/mol. The van der Waals surface area contributed by atoms with E-state index in [1.807, 2.05) is 0 Å². The molecule has 85 heavy (non-hydrogen) atoms. The molecule has 6 bridgehead atoms. The number of aliphatic hydroxyl groups excluding tert-OH is 2. The Hall–Kier alpha value is -11.6. The van der Waals surface area contributed by atoms with Crippen molar-refractivity contribution in [3.05, 3.63) is 92.7 Å². The molecule has 8 aliphatic rings. The summed E-state index contributed by atoms with van der Waals surface area (Å²) in [6, 6.07) is 5.15. The van der Waals surface area contributed by atoms with E-state index in [4.69, 9.17) is 33.2 Å². The van der Waals surface area contributed by atoms with Gasteiger partial charge in [0, 0.05) is 57.0 Å². The summed E-state index contributed by atoms with van der Waals surface area (Å²) in [5.41, 5.74) is -16.7. The predicted octanol–water partition coefficient (Wildman–Crippen LogP) is 2.42. The third kappa shape index (κ3) is 6.83. The van der Waals surface area contributed by atoms with Crippen LogP contribution in [0.25, 0.3) is 27.8 Å². The first-order chi connectivity index (χ1) is 40.2. The number of cyclic esters (lactones) is 1. The van der Waals surface area contributed by atoms with E-state index in [9.17, 15) is 91.6 Å². The molecule has 9 atom stereocenters. The number of aliphatic hydroxyl groups is 2. The third-order valence-electron chi connectivity index (χ3n) is 16.1. The van der Waals surface area contributed by atoms with Crippen LogP contribution in [-0.2, 0) is 39.7 Å². The summed E-state index contributed by atoms with van der Waals surface area (Å²) in [5, 5.41) is 192. The predicted molar refractivity (Wildman–Crippen MR) is 267 cm³/mol. The zero-order valence-electron chi connectivity index (χ0n) is 42.0. The van der Waals surface area contributed by atoms with Gasteiger partial charge < -0.3 is 120 Å². The molecule has 30 nitrogen and oxygen atoms in total. The molecule has 6 aromatic carbocycles. The number of fused-ring (bicyclic) bond motifs is 10. The number of Topliss-reactive ketones (excluding diaryl/α,β-unsaturated/α-hetero) is 1. The minimum atomic E-state index is -3.14. The molecule has 1 spiro atoms. The van der Waals surface area contributed by atoms with Crippen molar-refractivity contribution in [1.29, 1.82) is 0 Å². The molecule has 6 unspecified atom stereocenters. The van der Waals surface area contributed by atoms with Gasteiger partial charge in [0.15, 0.2) is 87.7 Å². The molecule has 1 aliphatic carbocycles. The van der Waals surface area contributed by atoms with Crippen LogP contribution in [0.5, 0.6) is 97.7 Å². The maximum absolute atomic E-state index is 15.8. The van der Waals surface area contributed by atoms with Crippen LogP contribution < -0.4 is 9.47 Å². The Kier molecular flexibility index (Phi) is 10.9. The maximum Gasteiger partial charge on any atom is 0.340 e. The van der Waals surface area contributed by atoms with Crippen molar-refractivity contribution in [3.8, 4) is 120 Å². The lowest BCUT2D eigenvalue weighted by atomic mass is 9.66. The second-order valence-corrected chi connectivity index (χ2v) is 20.5. The van der Waals surface area contributed by atoms with E-state index in [-0.39, 0.29) is 11.1 Å². The number of esters is 5. The molecule has 0 aromatic heterocycles. The first-order valence-electron chi connectivity index (χ1n) is 24.8. The molecule has 0 saturated carbocycles. The summed E-state index contributed by atoms with van der Waals surface area (Å²) in [7, 11) is 0. The van der Waals surface area contributed by atoms with Crippen molar-refractivity contribution in [2.75, 3.05) is 6.61 Å². The van der Waals surface area contributed by atoms with Gasteiger partial charge in [-0.25, -0.2) is 19.2 Å². The highest BCUT2D eigenvalue weighted by Gasteiger charge is 2.76. The maximum atomic E-state index is 15.8. The minimum absolute atomic E-state index is 0.0522. The summed E-state index contributed by atoms with van der Waals surface area (Å²) in [5.74, 6) is -39.1. The average Bonchev–Trinajstić information content (AvgIpc) is 1.52. The molecule has 1 fully saturated rings. The molecule has 0 radical (unpaired) electrons. The highest BCUT2D eigenvalue weighted by molar-refractivity contribution is 6.22. The number of carbonyl (C=O) groups is 6. The largest absolute Gasteiger partial charge is 0.507 e. The van der Waals surface area contributed by atoms with E-state index >= 15 is 24.0 Å². The monoisotopic (exact) mass is 1180 g/mol. The Balaban J connectivity index is 1.15. The molecule has 30 heteroatoms. The average molecular weight is 1180 g/mol. The lowest BCUT2D eigenvalue weighted by molar-refractivity contribution is -0.200. The lowest BCUT2D eigenvalue weighted by Gasteiger charge is -2.47. The number of benzene rings is 6. The van der Waals surface area contributed by atoms with Crippen LogP contribution in [0.2, 0.25) is 0 Å². The van der Waals surface area contributed by atoms with Crippen molar-refractivity contribution in [2.24, 2.45) is 5.92 Å². The normalized spacial score (nSPS) is 25.0. The van der Waals surface area contributed by atoms with Crippen LogP contribution in [0.15, 0.2) is 48.2 Å². The topological polar surface area (TPSA) is 511 Å². The van der Waals surface area contributed by atoms with Gasteiger partial charge in [-0.3, -0.25) is 9.59 Å². The van der Waals surface area contributed by atoms with Gasteiger partial charge in [-0.05, 0) is 35.9 Å². The number of ether oxygens (including phenoxy) is 7. The number of phenolic OH excluding ortho intramolecular Hbond substituents is 15. The summed E-state index contributed by atoms with van der Waals surface area (Å²) < 4.78 is 42.7. The van der Waals surface area contributed by atoms with Crippen molar-refractivity contribution in [2.45, 2.75) is 54.6 Å². The van der Waals surface area contributed by atoms with Gasteiger partial charge in [0.05, 0.1) is 34.3 Å². The summed E-state index contributed by atoms with van der Waals surface area (Å²) in [4.78, 5) is 91.7. The van der Waals surface area contributed by atoms with Gasteiger partial charge >= 0.3 is 29.8 Å². The highest BCUT2D eigenvalue weighted by Crippen LogP contribution is 2.68. The van der Waals surface area contributed by atoms with E-state index in [2.05, 4.69) is 0 Å². The third-order valence-corrected chi connectivity index (χ3v) is 16.1. The number of hydrogen-bond acceptors (Lipinski definition) is 30. The zero-order chi connectivity index (χ0) is 60.8. The molecule has 436 valence electrons. The molecule has 0 amide bonds. The van der Waals surface area contributed by atoms with Gasteiger partial charge in [-0.15, -0.1) is 0 Å². The van der Waals surface area contributed by atoms with Crippen LogP contribution in [0.3, 0.4) is 0 Å². The van der Waals surface area contributed by atoms with E-state index in [1.54, 1.807) is 0 Å². The molecular formula is C55H36O30. The zero-order valence-corrected chi connectivity index (χ0v) is 42.0. The number of ketones is 1. The van der Waals surface area contributed by atoms with E-state index in [0.29, 0.717) is 18.2 Å². The van der Waals surface area contributed by atoms with Gasteiger partial charge in [0.1, 0.15) is 35.9 Å². The van der Waals surface area contributed by atoms with Crippen molar-refractivity contribution >= 4 is 41.2 Å². The number of carbonyl (C=O) groups excluding carboxylic acids is 6. The standard InChI is InChI=1S/C55H36O30/c56-15-2-1-10(3-17(15)58)44-21(62)4-11-16(57)8-22-27(45(11)81-44)32-47-48-46-23(9-79-50(74)12-5-18(59)34(63)37(66)24(12)25-13(52(76)82-46)6-19(60)35(64)38(25)67)80-51(75)14-7-20(61)36(65)39(68)26(14)28-30(53(77)84-48)29(41(70)43(72)40(28)69)31-33(54(78)83-47)55(32,85-22)49(73)42(31)71/h1-3,5-8,21,23,32-33,44,46-48,56-72H,4,9H2/t21-,23?,32+,33?,44+,46?,47?,48?,55?/m0/s1. The Morgan fingerprint density at radius 3 is 1.60 bits per heavy atom. The van der Waals surface area contributed by atoms with Crippen molar-refractivity contribution in [1.82, 2.24) is 0 Å². The molecule has 7 aliphatic heterocycles. The molecule has 6 aromatic rings. The first kappa shape index (κ1) is 52.8. The van der Waals surface area contributed by atoms with E-state index in [1.165, 1.54) is 6.07 Å². The summed E-state index contributed by atoms with van der Waals surface area (Å²) in [6.45, 7) is -1.57. The number of phenols is 15. The molecule has 1 saturated heterocycles. The van der Waals surface area contributed by atoms with Gasteiger partial charge in [-0.1, -0.05) is 6.07 Å². The smallest absolute Gasteiger partial charge is 0.340 e. The number of rotatable bonds is 1. The second-order valence-electron chi connectivity index (χ2n) is 20.5. The van der Waals surface area contributed by atoms with Gasteiger partial charge in [0.2, 0.25) is 34.4 Å². The molecule has 7 heterocycles. The Morgan fingerprint density at radius 1 is 0.459 bits per heavy atom. The highest BCUT2D eigenvalue weighted by atomic mass is 16.6. The van der Waals surface area contributed by atoms with E-state index < -0.39 is 267 Å². The van der Waals surface area contributed by atoms with Crippen LogP contribution >= 0.6 is 0 Å². The number of aromatic hydroxyl groups is 15. The van der Waals surface area contributed by atoms with Gasteiger partial charge in [-0.2, -0.15) is 0 Å². The SMILES string of the molecule is O=C1OCC2OC(=O)c3cc(O)c(O)c(O)c3-c3c(O)c(O)c(O)c4c3C(=O)OC(C2OC(=O)c2cc(O)c(O)c(O)c2-c2c1cc(O)c(O)c2O)C1OC(=O)C2C4=C(O)C(=O)C23Oc2cc(O)c4c(c2[C@H]13)O[C@H](c1ccc(O)c(O)c1)[C@@H](O)C4. The van der Waals surface area contributed by atoms with Crippen LogP contribution in [0, 0.1) is 5.92 Å². The van der Waals surface area contributed by atoms with Crippen LogP contribution in [0.4, 0.5) is 0 Å². The van der Waals surface area contributed by atoms with E-state index in [0.717, 1.165) is 18.2 Å². The fourth-order valence-corrected chi connectivity index (χ4v) is 12.4. The number of hydrogen-bond donors (Lipinski definition) is 17. The fourth-order valence-electron chi connectivity index (χ4n) is 12.4. The van der Waals surface area contributed by atoms with Crippen molar-refractivity contribution < 1.29 is 149 Å². The Morgan fingerprint density at radius 2 is 1.00 bits per heavy atom. The minimum Gasteiger partial charge on any atom is -0.507 e. The Labute approximate surface area is 468 Å². The summed E-state index contributed by atoms with van der Waals surface area (Å²) in [6.07, 6.45) is -14.9. The second kappa shape index (κ2) is 17.5. The fraction of sp³-hybridized carbons (Fsp3) is 0.200. The summed E-state index contributed by atoms with van der Waals surface area (Å²) >= 11 is 0. The van der Waals surface area contributed by atoms with Crippen LogP contribution in [0.1, 0.15) is 75.7 Å². The molecule has 17 N–H and O–H groups in total.